The maximum atomic E-state index is 13.9. The standard InChI is InChI=1S/C31H34N2O4/c1-2-3-18-27(31(36)37)32-30(35)28-19-24-16-10-11-17-25(24)21-33(28)29(34)20-26(22-12-6-4-7-13-22)23-14-8-5-9-15-23/h4-17,26-28H,2-3,18-21H2,1H3,(H,32,35)(H,36,37)/t27?,28-/m0/s1. The summed E-state index contributed by atoms with van der Waals surface area (Å²) in [7, 11) is 0. The molecule has 2 atom stereocenters. The van der Waals surface area contributed by atoms with Gasteiger partial charge in [0.05, 0.1) is 0 Å². The Morgan fingerprint density at radius 2 is 1.46 bits per heavy atom. The van der Waals surface area contributed by atoms with Gasteiger partial charge in [-0.15, -0.1) is 0 Å². The molecule has 0 saturated carbocycles. The molecule has 0 spiro atoms. The zero-order chi connectivity index (χ0) is 26.2. The van der Waals surface area contributed by atoms with Crippen molar-refractivity contribution in [3.63, 3.8) is 0 Å². The Balaban J connectivity index is 1.62. The van der Waals surface area contributed by atoms with Gasteiger partial charge in [0.1, 0.15) is 12.1 Å². The maximum absolute atomic E-state index is 13.9. The molecule has 0 saturated heterocycles. The minimum Gasteiger partial charge on any atom is -0.480 e. The Bertz CT molecular complexity index is 1170. The van der Waals surface area contributed by atoms with Crippen LogP contribution in [0.25, 0.3) is 0 Å². The summed E-state index contributed by atoms with van der Waals surface area (Å²) in [6.07, 6.45) is 2.46. The number of nitrogens with one attached hydrogen (secondary N) is 1. The van der Waals surface area contributed by atoms with Gasteiger partial charge in [-0.1, -0.05) is 105 Å². The number of nitrogens with zero attached hydrogens (tertiary/aromatic N) is 1. The number of rotatable bonds is 10. The lowest BCUT2D eigenvalue weighted by atomic mass is 9.87. The molecule has 1 heterocycles. The molecule has 0 fully saturated rings. The average Bonchev–Trinajstić information content (AvgIpc) is 2.93. The minimum absolute atomic E-state index is 0.132. The Morgan fingerprint density at radius 1 is 0.892 bits per heavy atom. The number of carboxylic acids is 1. The lowest BCUT2D eigenvalue weighted by Crippen LogP contribution is -2.55. The molecule has 6 nitrogen and oxygen atoms in total. The van der Waals surface area contributed by atoms with Crippen LogP contribution in [-0.2, 0) is 27.3 Å². The third kappa shape index (κ3) is 6.45. The van der Waals surface area contributed by atoms with Crippen LogP contribution in [0.5, 0.6) is 0 Å². The topological polar surface area (TPSA) is 86.7 Å². The first kappa shape index (κ1) is 26.1. The first-order chi connectivity index (χ1) is 18.0. The van der Waals surface area contributed by atoms with Gasteiger partial charge >= 0.3 is 5.97 Å². The second kappa shape index (κ2) is 12.3. The summed E-state index contributed by atoms with van der Waals surface area (Å²) in [5, 5.41) is 12.4. The predicted octanol–water partition coefficient (Wildman–Crippen LogP) is 4.92. The zero-order valence-electron chi connectivity index (χ0n) is 21.2. The molecule has 4 rings (SSSR count). The minimum atomic E-state index is -1.05. The number of aliphatic carboxylic acids is 1. The number of unbranched alkanes of at least 4 members (excludes halogenated alkanes) is 1. The SMILES string of the molecule is CCCCC(NC(=O)[C@@H]1Cc2ccccc2CN1C(=O)CC(c1ccccc1)c1ccccc1)C(=O)O. The smallest absolute Gasteiger partial charge is 0.326 e. The van der Waals surface area contributed by atoms with Crippen LogP contribution >= 0.6 is 0 Å². The van der Waals surface area contributed by atoms with Gasteiger partial charge in [-0.2, -0.15) is 0 Å². The predicted molar refractivity (Wildman–Crippen MR) is 143 cm³/mol. The van der Waals surface area contributed by atoms with Gasteiger partial charge in [-0.05, 0) is 28.7 Å². The Kier molecular flexibility index (Phi) is 8.72. The van der Waals surface area contributed by atoms with Crippen LogP contribution in [0.4, 0.5) is 0 Å². The lowest BCUT2D eigenvalue weighted by molar-refractivity contribution is -0.145. The van der Waals surface area contributed by atoms with Crippen LogP contribution in [0.1, 0.15) is 60.8 Å². The molecule has 0 radical (unpaired) electrons. The largest absolute Gasteiger partial charge is 0.480 e. The fourth-order valence-corrected chi connectivity index (χ4v) is 5.04. The van der Waals surface area contributed by atoms with Gasteiger partial charge in [-0.25, -0.2) is 4.79 Å². The van der Waals surface area contributed by atoms with E-state index in [1.54, 1.807) is 4.90 Å². The number of carboxylic acid groups (broad SMARTS) is 1. The van der Waals surface area contributed by atoms with E-state index in [9.17, 15) is 19.5 Å². The van der Waals surface area contributed by atoms with Crippen molar-refractivity contribution in [3.05, 3.63) is 107 Å². The van der Waals surface area contributed by atoms with E-state index in [1.807, 2.05) is 91.9 Å². The second-order valence-corrected chi connectivity index (χ2v) is 9.63. The second-order valence-electron chi connectivity index (χ2n) is 9.63. The highest BCUT2D eigenvalue weighted by Gasteiger charge is 2.37. The number of fused-ring (bicyclic) bond motifs is 1. The van der Waals surface area contributed by atoms with Gasteiger partial charge in [-0.3, -0.25) is 9.59 Å². The number of carbonyl (C=O) groups excluding carboxylic acids is 2. The molecule has 2 N–H and O–H groups in total. The van der Waals surface area contributed by atoms with Crippen LogP contribution in [-0.4, -0.2) is 39.9 Å². The third-order valence-corrected chi connectivity index (χ3v) is 7.12. The monoisotopic (exact) mass is 498 g/mol. The maximum Gasteiger partial charge on any atom is 0.326 e. The highest BCUT2D eigenvalue weighted by atomic mass is 16.4. The van der Waals surface area contributed by atoms with Crippen molar-refractivity contribution in [3.8, 4) is 0 Å². The molecule has 1 aliphatic heterocycles. The number of benzene rings is 3. The van der Waals surface area contributed by atoms with E-state index in [2.05, 4.69) is 5.32 Å². The number of hydrogen-bond donors (Lipinski definition) is 2. The Hall–Kier alpha value is -3.93. The third-order valence-electron chi connectivity index (χ3n) is 7.12. The average molecular weight is 499 g/mol. The fraction of sp³-hybridized carbons (Fsp3) is 0.323. The molecule has 6 heteroatoms. The van der Waals surface area contributed by atoms with E-state index in [-0.39, 0.29) is 18.2 Å². The summed E-state index contributed by atoms with van der Waals surface area (Å²) in [5.74, 6) is -1.76. The van der Waals surface area contributed by atoms with E-state index in [1.165, 1.54) is 0 Å². The first-order valence-corrected chi connectivity index (χ1v) is 13.0. The van der Waals surface area contributed by atoms with Gasteiger partial charge < -0.3 is 15.3 Å². The lowest BCUT2D eigenvalue weighted by Gasteiger charge is -2.37. The highest BCUT2D eigenvalue weighted by molar-refractivity contribution is 5.91. The van der Waals surface area contributed by atoms with E-state index in [0.29, 0.717) is 25.8 Å². The van der Waals surface area contributed by atoms with E-state index < -0.39 is 24.0 Å². The van der Waals surface area contributed by atoms with Crippen LogP contribution in [0.15, 0.2) is 84.9 Å². The van der Waals surface area contributed by atoms with Crippen molar-refractivity contribution in [2.45, 2.75) is 63.6 Å². The number of amides is 2. The quantitative estimate of drug-likeness (QED) is 0.415. The molecule has 3 aromatic rings. The van der Waals surface area contributed by atoms with Crippen molar-refractivity contribution in [2.24, 2.45) is 0 Å². The van der Waals surface area contributed by atoms with Crippen LogP contribution in [0.2, 0.25) is 0 Å². The van der Waals surface area contributed by atoms with Crippen molar-refractivity contribution >= 4 is 17.8 Å². The molecule has 2 amide bonds. The molecule has 192 valence electrons. The summed E-state index contributed by atoms with van der Waals surface area (Å²) < 4.78 is 0. The summed E-state index contributed by atoms with van der Waals surface area (Å²) in [6, 6.07) is 25.9. The van der Waals surface area contributed by atoms with Crippen LogP contribution < -0.4 is 5.32 Å². The van der Waals surface area contributed by atoms with Crippen molar-refractivity contribution in [2.75, 3.05) is 0 Å². The van der Waals surface area contributed by atoms with Crippen LogP contribution in [0.3, 0.4) is 0 Å². The molecular formula is C31H34N2O4. The summed E-state index contributed by atoms with van der Waals surface area (Å²) in [5.41, 5.74) is 4.09. The summed E-state index contributed by atoms with van der Waals surface area (Å²) in [6.45, 7) is 2.30. The summed E-state index contributed by atoms with van der Waals surface area (Å²) >= 11 is 0. The van der Waals surface area contributed by atoms with E-state index >= 15 is 0 Å². The van der Waals surface area contributed by atoms with Gasteiger partial charge in [0.25, 0.3) is 0 Å². The molecule has 1 aliphatic rings. The summed E-state index contributed by atoms with van der Waals surface area (Å²) in [4.78, 5) is 40.8. The molecule has 1 unspecified atom stereocenters. The number of carbonyl (C=O) groups is 3. The van der Waals surface area contributed by atoms with Crippen LogP contribution in [0, 0.1) is 0 Å². The zero-order valence-corrected chi connectivity index (χ0v) is 21.2. The molecule has 37 heavy (non-hydrogen) atoms. The first-order valence-electron chi connectivity index (χ1n) is 13.0. The van der Waals surface area contributed by atoms with E-state index in [4.69, 9.17) is 0 Å². The molecule has 0 aromatic heterocycles. The number of hydrogen-bond acceptors (Lipinski definition) is 3. The molecular weight excluding hydrogens is 464 g/mol. The van der Waals surface area contributed by atoms with Crippen molar-refractivity contribution in [1.29, 1.82) is 0 Å². The Morgan fingerprint density at radius 3 is 2.03 bits per heavy atom. The van der Waals surface area contributed by atoms with Crippen molar-refractivity contribution in [1.82, 2.24) is 10.2 Å². The normalized spacial score (nSPS) is 15.6. The van der Waals surface area contributed by atoms with E-state index in [0.717, 1.165) is 28.7 Å². The van der Waals surface area contributed by atoms with Gasteiger partial charge in [0.2, 0.25) is 11.8 Å². The van der Waals surface area contributed by atoms with Crippen molar-refractivity contribution < 1.29 is 19.5 Å². The molecule has 3 aromatic carbocycles. The Labute approximate surface area is 218 Å². The molecule has 0 bridgehead atoms. The highest BCUT2D eigenvalue weighted by Crippen LogP contribution is 2.31. The molecule has 0 aliphatic carbocycles. The fourth-order valence-electron chi connectivity index (χ4n) is 5.04. The van der Waals surface area contributed by atoms with Gasteiger partial charge in [0, 0.05) is 25.3 Å². The van der Waals surface area contributed by atoms with Gasteiger partial charge in [0.15, 0.2) is 0 Å².